The van der Waals surface area contributed by atoms with E-state index in [4.69, 9.17) is 5.84 Å². The highest BCUT2D eigenvalue weighted by molar-refractivity contribution is 5.81. The largest absolute Gasteiger partial charge is 0.355 e. The van der Waals surface area contributed by atoms with Crippen molar-refractivity contribution in [2.45, 2.75) is 13.8 Å². The first-order valence-electron chi connectivity index (χ1n) is 6.06. The van der Waals surface area contributed by atoms with Gasteiger partial charge in [0.1, 0.15) is 5.82 Å². The minimum absolute atomic E-state index is 0.00912. The van der Waals surface area contributed by atoms with Gasteiger partial charge in [-0.1, -0.05) is 13.8 Å². The van der Waals surface area contributed by atoms with Crippen molar-refractivity contribution < 1.29 is 9.72 Å². The van der Waals surface area contributed by atoms with E-state index in [1.165, 1.54) is 12.1 Å². The van der Waals surface area contributed by atoms with Gasteiger partial charge in [0, 0.05) is 12.6 Å². The lowest BCUT2D eigenvalue weighted by molar-refractivity contribution is -0.384. The molecule has 9 nitrogen and oxygen atoms in total. The van der Waals surface area contributed by atoms with Crippen LogP contribution in [0.3, 0.4) is 0 Å². The van der Waals surface area contributed by atoms with Gasteiger partial charge in [-0.25, -0.2) is 10.8 Å². The molecular formula is C11H18N6O3. The van der Waals surface area contributed by atoms with Crippen LogP contribution in [0.15, 0.2) is 12.1 Å². The zero-order valence-electron chi connectivity index (χ0n) is 11.3. The van der Waals surface area contributed by atoms with E-state index in [2.05, 4.69) is 21.0 Å². The molecule has 1 aromatic rings. The normalized spacial score (nSPS) is 10.2. The fourth-order valence-corrected chi connectivity index (χ4v) is 1.35. The minimum Gasteiger partial charge on any atom is -0.355 e. The van der Waals surface area contributed by atoms with Crippen LogP contribution in [0.2, 0.25) is 0 Å². The standard InChI is InChI=1S/C11H18N6O3/c1-7(2)5-13-10(18)6-14-11-8(17(19)20)3-4-9(15-11)16-12/h3-4,7H,5-6,12H2,1-2H3,(H,13,18)(H2,14,15,16). The van der Waals surface area contributed by atoms with Gasteiger partial charge >= 0.3 is 5.69 Å². The third-order valence-electron chi connectivity index (χ3n) is 2.34. The van der Waals surface area contributed by atoms with Crippen molar-refractivity contribution in [2.75, 3.05) is 23.8 Å². The summed E-state index contributed by atoms with van der Waals surface area (Å²) in [5.74, 6) is 5.51. The summed E-state index contributed by atoms with van der Waals surface area (Å²) in [4.78, 5) is 25.7. The number of amides is 1. The average Bonchev–Trinajstić information content (AvgIpc) is 2.42. The van der Waals surface area contributed by atoms with E-state index in [9.17, 15) is 14.9 Å². The number of carbonyl (C=O) groups excluding carboxylic acids is 1. The van der Waals surface area contributed by atoms with E-state index in [1.54, 1.807) is 0 Å². The number of carbonyl (C=O) groups is 1. The summed E-state index contributed by atoms with van der Waals surface area (Å²) < 4.78 is 0. The molecule has 0 aliphatic rings. The van der Waals surface area contributed by atoms with Gasteiger partial charge < -0.3 is 16.1 Å². The number of hydrogen-bond donors (Lipinski definition) is 4. The fourth-order valence-electron chi connectivity index (χ4n) is 1.35. The fraction of sp³-hybridized carbons (Fsp3) is 0.455. The molecule has 1 amide bonds. The van der Waals surface area contributed by atoms with Gasteiger partial charge in [0.2, 0.25) is 11.7 Å². The van der Waals surface area contributed by atoms with Gasteiger partial charge in [-0.15, -0.1) is 0 Å². The molecule has 0 aliphatic carbocycles. The third-order valence-corrected chi connectivity index (χ3v) is 2.34. The molecule has 110 valence electrons. The van der Waals surface area contributed by atoms with E-state index in [1.807, 2.05) is 13.8 Å². The summed E-state index contributed by atoms with van der Waals surface area (Å²) in [6.07, 6.45) is 0. The summed E-state index contributed by atoms with van der Waals surface area (Å²) in [7, 11) is 0. The second kappa shape index (κ2) is 7.24. The number of nitrogens with one attached hydrogen (secondary N) is 3. The van der Waals surface area contributed by atoms with Crippen molar-refractivity contribution in [1.29, 1.82) is 0 Å². The molecule has 5 N–H and O–H groups in total. The highest BCUT2D eigenvalue weighted by atomic mass is 16.6. The number of aromatic nitrogens is 1. The predicted molar refractivity (Wildman–Crippen MR) is 75.0 cm³/mol. The molecule has 0 fully saturated rings. The molecule has 20 heavy (non-hydrogen) atoms. The van der Waals surface area contributed by atoms with Crippen LogP contribution in [-0.2, 0) is 4.79 Å². The first kappa shape index (κ1) is 15.6. The van der Waals surface area contributed by atoms with E-state index in [-0.39, 0.29) is 29.8 Å². The minimum atomic E-state index is -0.582. The molecule has 1 aromatic heterocycles. The molecule has 0 saturated carbocycles. The van der Waals surface area contributed by atoms with Gasteiger partial charge in [0.05, 0.1) is 11.5 Å². The number of rotatable bonds is 7. The quantitative estimate of drug-likeness (QED) is 0.324. The van der Waals surface area contributed by atoms with Crippen LogP contribution in [-0.4, -0.2) is 28.9 Å². The highest BCUT2D eigenvalue weighted by Crippen LogP contribution is 2.23. The lowest BCUT2D eigenvalue weighted by Crippen LogP contribution is -2.32. The Hall–Kier alpha value is -2.42. The smallest absolute Gasteiger partial charge is 0.311 e. The van der Waals surface area contributed by atoms with Crippen LogP contribution in [0.5, 0.6) is 0 Å². The number of anilines is 2. The van der Waals surface area contributed by atoms with Crippen LogP contribution < -0.4 is 21.9 Å². The third kappa shape index (κ3) is 4.69. The number of nitrogens with zero attached hydrogens (tertiary/aromatic N) is 2. The maximum Gasteiger partial charge on any atom is 0.311 e. The van der Waals surface area contributed by atoms with Crippen LogP contribution in [0, 0.1) is 16.0 Å². The summed E-state index contributed by atoms with van der Waals surface area (Å²) >= 11 is 0. The monoisotopic (exact) mass is 282 g/mol. The van der Waals surface area contributed by atoms with Crippen LogP contribution in [0.4, 0.5) is 17.3 Å². The number of nitrogens with two attached hydrogens (primary N) is 1. The Morgan fingerprint density at radius 2 is 2.20 bits per heavy atom. The highest BCUT2D eigenvalue weighted by Gasteiger charge is 2.16. The zero-order chi connectivity index (χ0) is 15.1. The molecule has 0 saturated heterocycles. The van der Waals surface area contributed by atoms with Crippen molar-refractivity contribution in [1.82, 2.24) is 10.3 Å². The van der Waals surface area contributed by atoms with Crippen LogP contribution >= 0.6 is 0 Å². The van der Waals surface area contributed by atoms with E-state index in [0.717, 1.165) is 0 Å². The van der Waals surface area contributed by atoms with E-state index in [0.29, 0.717) is 12.5 Å². The molecule has 0 aromatic carbocycles. The zero-order valence-corrected chi connectivity index (χ0v) is 11.3. The van der Waals surface area contributed by atoms with Gasteiger partial charge in [-0.2, -0.15) is 0 Å². The Kier molecular flexibility index (Phi) is 5.66. The molecule has 0 aliphatic heterocycles. The Labute approximate surface area is 116 Å². The molecular weight excluding hydrogens is 264 g/mol. The molecule has 9 heteroatoms. The van der Waals surface area contributed by atoms with Crippen molar-refractivity contribution >= 4 is 23.2 Å². The Morgan fingerprint density at radius 3 is 2.75 bits per heavy atom. The first-order chi connectivity index (χ1) is 9.43. The number of pyridine rings is 1. The first-order valence-corrected chi connectivity index (χ1v) is 6.06. The van der Waals surface area contributed by atoms with Gasteiger partial charge in [0.15, 0.2) is 0 Å². The SMILES string of the molecule is CC(C)CNC(=O)CNc1nc(NN)ccc1[N+](=O)[O-]. The molecule has 0 unspecified atom stereocenters. The maximum atomic E-state index is 11.5. The Balaban J connectivity index is 2.70. The number of hydrazine groups is 1. The number of hydrogen-bond acceptors (Lipinski definition) is 7. The summed E-state index contributed by atoms with van der Waals surface area (Å²) in [6.45, 7) is 4.38. The predicted octanol–water partition coefficient (Wildman–Crippen LogP) is 0.460. The van der Waals surface area contributed by atoms with Gasteiger partial charge in [-0.05, 0) is 12.0 Å². The second-order valence-corrected chi connectivity index (χ2v) is 4.52. The van der Waals surface area contributed by atoms with Crippen molar-refractivity contribution in [3.05, 3.63) is 22.2 Å². The molecule has 1 heterocycles. The molecule has 0 atom stereocenters. The van der Waals surface area contributed by atoms with Crippen LogP contribution in [0.1, 0.15) is 13.8 Å². The van der Waals surface area contributed by atoms with Gasteiger partial charge in [0.25, 0.3) is 0 Å². The molecule has 0 bridgehead atoms. The van der Waals surface area contributed by atoms with E-state index >= 15 is 0 Å². The Bertz CT molecular complexity index is 491. The van der Waals surface area contributed by atoms with Crippen molar-refractivity contribution in [3.63, 3.8) is 0 Å². The summed E-state index contributed by atoms with van der Waals surface area (Å²) in [5.41, 5.74) is 2.07. The lowest BCUT2D eigenvalue weighted by atomic mass is 10.2. The van der Waals surface area contributed by atoms with Crippen molar-refractivity contribution in [2.24, 2.45) is 11.8 Å². The van der Waals surface area contributed by atoms with Crippen molar-refractivity contribution in [3.8, 4) is 0 Å². The van der Waals surface area contributed by atoms with Gasteiger partial charge in [-0.3, -0.25) is 14.9 Å². The van der Waals surface area contributed by atoms with Crippen LogP contribution in [0.25, 0.3) is 0 Å². The number of nitrogen functional groups attached to an aromatic ring is 1. The molecule has 0 radical (unpaired) electrons. The topological polar surface area (TPSA) is 135 Å². The molecule has 0 spiro atoms. The summed E-state index contributed by atoms with van der Waals surface area (Å²) in [6, 6.07) is 2.64. The van der Waals surface area contributed by atoms with E-state index < -0.39 is 4.92 Å². The summed E-state index contributed by atoms with van der Waals surface area (Å²) in [5, 5.41) is 16.2. The maximum absolute atomic E-state index is 11.5. The lowest BCUT2D eigenvalue weighted by Gasteiger charge is -2.10. The average molecular weight is 282 g/mol. The second-order valence-electron chi connectivity index (χ2n) is 4.52. The molecule has 1 rings (SSSR count). The Morgan fingerprint density at radius 1 is 1.50 bits per heavy atom. The number of nitro groups is 1.